The van der Waals surface area contributed by atoms with Gasteiger partial charge in [-0.05, 0) is 66.9 Å². The lowest BCUT2D eigenvalue weighted by atomic mass is 10.1. The van der Waals surface area contributed by atoms with Gasteiger partial charge in [0.25, 0.3) is 11.8 Å². The second-order valence-corrected chi connectivity index (χ2v) is 8.89. The van der Waals surface area contributed by atoms with E-state index in [2.05, 4.69) is 15.8 Å². The Bertz CT molecular complexity index is 1230. The Labute approximate surface area is 220 Å². The van der Waals surface area contributed by atoms with Crippen molar-refractivity contribution in [2.24, 2.45) is 5.10 Å². The first-order valence-corrected chi connectivity index (χ1v) is 12.0. The lowest BCUT2D eigenvalue weighted by molar-refractivity contribution is -0.132. The maximum absolute atomic E-state index is 13.0. The van der Waals surface area contributed by atoms with Gasteiger partial charge in [0, 0.05) is 11.4 Å². The van der Waals surface area contributed by atoms with Crippen molar-refractivity contribution >= 4 is 41.2 Å². The average molecular weight is 528 g/mol. The van der Waals surface area contributed by atoms with E-state index >= 15 is 0 Å². The number of hydrazone groups is 1. The SMILES string of the molecule is COc1ccc(/C=N\NC(=O)[C@@H](Cc2ccccc2)NC(=O)[C@H](C)Oc2ccc(Cl)cc2Cl)c(C)c1. The van der Waals surface area contributed by atoms with Crippen LogP contribution in [0, 0.1) is 6.92 Å². The third-order valence-corrected chi connectivity index (χ3v) is 5.87. The standard InChI is InChI=1S/C27H27Cl2N3O4/c1-17-13-22(35-3)11-9-20(17)16-30-32-27(34)24(14-19-7-5-4-6-8-19)31-26(33)18(2)36-25-12-10-21(28)15-23(25)29/h4-13,15-16,18,24H,14H2,1-3H3,(H,31,33)(H,32,34)/b30-16-/t18-,24+/m0/s1. The number of amides is 2. The number of benzene rings is 3. The van der Waals surface area contributed by atoms with Crippen LogP contribution in [0.1, 0.15) is 23.6 Å². The summed E-state index contributed by atoms with van der Waals surface area (Å²) in [6.45, 7) is 3.49. The van der Waals surface area contributed by atoms with Gasteiger partial charge < -0.3 is 14.8 Å². The van der Waals surface area contributed by atoms with Crippen LogP contribution in [-0.2, 0) is 16.0 Å². The minimum Gasteiger partial charge on any atom is -0.497 e. The Morgan fingerprint density at radius 1 is 1.03 bits per heavy atom. The van der Waals surface area contributed by atoms with Crippen molar-refractivity contribution in [1.82, 2.24) is 10.7 Å². The zero-order chi connectivity index (χ0) is 26.1. The summed E-state index contributed by atoms with van der Waals surface area (Å²) in [5.74, 6) is 0.0983. The third-order valence-electron chi connectivity index (χ3n) is 5.34. The minimum absolute atomic E-state index is 0.268. The van der Waals surface area contributed by atoms with Crippen molar-refractivity contribution in [2.75, 3.05) is 7.11 Å². The molecule has 0 heterocycles. The predicted molar refractivity (Wildman–Crippen MR) is 142 cm³/mol. The topological polar surface area (TPSA) is 89.0 Å². The molecule has 2 amide bonds. The number of nitrogens with one attached hydrogen (secondary N) is 2. The molecule has 0 bridgehead atoms. The van der Waals surface area contributed by atoms with E-state index in [0.717, 1.165) is 22.4 Å². The summed E-state index contributed by atoms with van der Waals surface area (Å²) in [7, 11) is 1.60. The molecule has 3 rings (SSSR count). The molecule has 0 radical (unpaired) electrons. The summed E-state index contributed by atoms with van der Waals surface area (Å²) < 4.78 is 10.9. The van der Waals surface area contributed by atoms with E-state index in [4.69, 9.17) is 32.7 Å². The van der Waals surface area contributed by atoms with Crippen LogP contribution in [0.4, 0.5) is 0 Å². The number of nitrogens with zero attached hydrogens (tertiary/aromatic N) is 1. The molecule has 0 aliphatic carbocycles. The maximum Gasteiger partial charge on any atom is 0.262 e. The van der Waals surface area contributed by atoms with Crippen molar-refractivity contribution in [3.63, 3.8) is 0 Å². The second-order valence-electron chi connectivity index (χ2n) is 8.04. The quantitative estimate of drug-likeness (QED) is 0.288. The molecule has 0 spiro atoms. The van der Waals surface area contributed by atoms with Gasteiger partial charge in [-0.15, -0.1) is 0 Å². The third kappa shape index (κ3) is 7.73. The normalized spacial score (nSPS) is 12.6. The molecule has 9 heteroatoms. The molecule has 0 aliphatic rings. The molecule has 36 heavy (non-hydrogen) atoms. The smallest absolute Gasteiger partial charge is 0.262 e. The molecule has 188 valence electrons. The van der Waals surface area contributed by atoms with E-state index in [1.165, 1.54) is 6.07 Å². The monoisotopic (exact) mass is 527 g/mol. The molecule has 7 nitrogen and oxygen atoms in total. The summed E-state index contributed by atoms with van der Waals surface area (Å²) >= 11 is 12.1. The van der Waals surface area contributed by atoms with E-state index in [1.807, 2.05) is 55.5 Å². The summed E-state index contributed by atoms with van der Waals surface area (Å²) in [4.78, 5) is 25.9. The summed E-state index contributed by atoms with van der Waals surface area (Å²) in [6, 6.07) is 18.7. The molecule has 2 atom stereocenters. The number of halogens is 2. The fourth-order valence-electron chi connectivity index (χ4n) is 3.33. The van der Waals surface area contributed by atoms with Crippen LogP contribution in [0.5, 0.6) is 11.5 Å². The lowest BCUT2D eigenvalue weighted by Crippen LogP contribution is -2.50. The maximum atomic E-state index is 13.0. The highest BCUT2D eigenvalue weighted by molar-refractivity contribution is 6.35. The zero-order valence-corrected chi connectivity index (χ0v) is 21.6. The molecule has 2 N–H and O–H groups in total. The first-order chi connectivity index (χ1) is 17.3. The predicted octanol–water partition coefficient (Wildman–Crippen LogP) is 4.96. The van der Waals surface area contributed by atoms with Gasteiger partial charge in [0.05, 0.1) is 18.3 Å². The van der Waals surface area contributed by atoms with Crippen LogP contribution in [0.2, 0.25) is 10.0 Å². The van der Waals surface area contributed by atoms with Gasteiger partial charge in [0.1, 0.15) is 17.5 Å². The Balaban J connectivity index is 1.69. The van der Waals surface area contributed by atoms with Crippen LogP contribution in [0.3, 0.4) is 0 Å². The highest BCUT2D eigenvalue weighted by Gasteiger charge is 2.25. The van der Waals surface area contributed by atoms with Crippen LogP contribution in [0.25, 0.3) is 0 Å². The fourth-order valence-corrected chi connectivity index (χ4v) is 3.78. The second kappa shape index (κ2) is 13.0. The van der Waals surface area contributed by atoms with Gasteiger partial charge in [-0.1, -0.05) is 53.5 Å². The molecule has 0 unspecified atom stereocenters. The van der Waals surface area contributed by atoms with E-state index in [0.29, 0.717) is 10.8 Å². The highest BCUT2D eigenvalue weighted by atomic mass is 35.5. The Kier molecular flexibility index (Phi) is 9.73. The number of methoxy groups -OCH3 is 1. The Hall–Kier alpha value is -3.55. The van der Waals surface area contributed by atoms with Crippen molar-refractivity contribution < 1.29 is 19.1 Å². The van der Waals surface area contributed by atoms with Crippen molar-refractivity contribution in [2.45, 2.75) is 32.4 Å². The van der Waals surface area contributed by atoms with Gasteiger partial charge in [-0.25, -0.2) is 5.43 Å². The van der Waals surface area contributed by atoms with Gasteiger partial charge >= 0.3 is 0 Å². The summed E-state index contributed by atoms with van der Waals surface area (Å²) in [5, 5.41) is 7.57. The van der Waals surface area contributed by atoms with Gasteiger partial charge in [0.15, 0.2) is 6.10 Å². The molecule has 3 aromatic rings. The Morgan fingerprint density at radius 2 is 1.78 bits per heavy atom. The number of carbonyl (C=O) groups excluding carboxylic acids is 2. The highest BCUT2D eigenvalue weighted by Crippen LogP contribution is 2.28. The molecular weight excluding hydrogens is 501 g/mol. The lowest BCUT2D eigenvalue weighted by Gasteiger charge is -2.21. The van der Waals surface area contributed by atoms with E-state index in [1.54, 1.807) is 32.4 Å². The first kappa shape index (κ1) is 27.0. The van der Waals surface area contributed by atoms with Crippen LogP contribution in [0.15, 0.2) is 71.8 Å². The van der Waals surface area contributed by atoms with Crippen molar-refractivity contribution in [3.8, 4) is 11.5 Å². The van der Waals surface area contributed by atoms with Gasteiger partial charge in [-0.2, -0.15) is 5.10 Å². The minimum atomic E-state index is -0.916. The number of hydrogen-bond acceptors (Lipinski definition) is 5. The van der Waals surface area contributed by atoms with Crippen LogP contribution < -0.4 is 20.2 Å². The zero-order valence-electron chi connectivity index (χ0n) is 20.1. The molecule has 0 fully saturated rings. The largest absolute Gasteiger partial charge is 0.497 e. The van der Waals surface area contributed by atoms with E-state index < -0.39 is 24.0 Å². The van der Waals surface area contributed by atoms with Gasteiger partial charge in [0.2, 0.25) is 0 Å². The molecule has 0 saturated carbocycles. The number of carbonyl (C=O) groups is 2. The van der Waals surface area contributed by atoms with Crippen molar-refractivity contribution in [3.05, 3.63) is 93.5 Å². The number of rotatable bonds is 10. The Morgan fingerprint density at radius 3 is 2.44 bits per heavy atom. The van der Waals surface area contributed by atoms with Crippen LogP contribution >= 0.6 is 23.2 Å². The van der Waals surface area contributed by atoms with Gasteiger partial charge in [-0.3, -0.25) is 9.59 Å². The summed E-state index contributed by atoms with van der Waals surface area (Å²) in [6.07, 6.45) is 0.895. The number of aryl methyl sites for hydroxylation is 1. The molecule has 0 aliphatic heterocycles. The van der Waals surface area contributed by atoms with Crippen molar-refractivity contribution in [1.29, 1.82) is 0 Å². The fraction of sp³-hybridized carbons (Fsp3) is 0.222. The van der Waals surface area contributed by atoms with Crippen LogP contribution in [-0.4, -0.2) is 37.3 Å². The number of hydrogen-bond donors (Lipinski definition) is 2. The van der Waals surface area contributed by atoms with E-state index in [9.17, 15) is 9.59 Å². The molecule has 0 saturated heterocycles. The van der Waals surface area contributed by atoms with E-state index in [-0.39, 0.29) is 11.4 Å². The summed E-state index contributed by atoms with van der Waals surface area (Å²) in [5.41, 5.74) is 5.16. The first-order valence-electron chi connectivity index (χ1n) is 11.2. The molecular formula is C27H27Cl2N3O4. The number of ether oxygens (including phenoxy) is 2. The molecule has 3 aromatic carbocycles. The average Bonchev–Trinajstić information content (AvgIpc) is 2.86. The molecule has 0 aromatic heterocycles.